The Morgan fingerprint density at radius 3 is 2.67 bits per heavy atom. The number of hydrazine groups is 1. The van der Waals surface area contributed by atoms with Crippen molar-refractivity contribution in [3.63, 3.8) is 0 Å². The maximum absolute atomic E-state index is 12.8. The minimum Gasteiger partial charge on any atom is -0.343 e. The molecule has 2 aromatic rings. The van der Waals surface area contributed by atoms with Crippen LogP contribution in [0.5, 0.6) is 0 Å². The van der Waals surface area contributed by atoms with Crippen LogP contribution in [0.2, 0.25) is 0 Å². The second-order valence-electron chi connectivity index (χ2n) is 7.68. The first-order valence-electron chi connectivity index (χ1n) is 9.41. The number of rotatable bonds is 6. The fourth-order valence-electron chi connectivity index (χ4n) is 3.29. The maximum Gasteiger partial charge on any atom is 0.249 e. The van der Waals surface area contributed by atoms with Gasteiger partial charge in [0.05, 0.1) is 0 Å². The van der Waals surface area contributed by atoms with Crippen LogP contribution in [0.25, 0.3) is 0 Å². The molecule has 1 aromatic carbocycles. The van der Waals surface area contributed by atoms with Gasteiger partial charge in [0, 0.05) is 16.4 Å². The molecule has 1 saturated heterocycles. The van der Waals surface area contributed by atoms with Crippen LogP contribution in [-0.2, 0) is 4.79 Å². The number of hydrogen-bond acceptors (Lipinski definition) is 6. The summed E-state index contributed by atoms with van der Waals surface area (Å²) in [7, 11) is 0. The average Bonchev–Trinajstić information content (AvgIpc) is 3.18. The van der Waals surface area contributed by atoms with Gasteiger partial charge in [0.25, 0.3) is 0 Å². The standard InChI is InChI=1S/C19H24BrN5O2/c1-10(2)16(19-22-17(25-27-19)12-3-4-12)21-18(26)15-9-14(23-24-15)11-5-7-13(20)8-6-11/h5-8,10,12,14-16,23-24H,3-4,9H2,1-2H3,(H,21,26). The van der Waals surface area contributed by atoms with Crippen LogP contribution in [0.4, 0.5) is 0 Å². The number of nitrogens with zero attached hydrogens (tertiary/aromatic N) is 2. The quantitative estimate of drug-likeness (QED) is 0.647. The molecule has 7 nitrogen and oxygen atoms in total. The van der Waals surface area contributed by atoms with Gasteiger partial charge in [-0.3, -0.25) is 4.79 Å². The molecule has 2 fully saturated rings. The van der Waals surface area contributed by atoms with Gasteiger partial charge in [-0.2, -0.15) is 4.98 Å². The molecular weight excluding hydrogens is 410 g/mol. The van der Waals surface area contributed by atoms with Crippen molar-refractivity contribution >= 4 is 21.8 Å². The predicted octanol–water partition coefficient (Wildman–Crippen LogP) is 3.13. The van der Waals surface area contributed by atoms with E-state index in [-0.39, 0.29) is 30.0 Å². The second kappa shape index (κ2) is 7.69. The third-order valence-electron chi connectivity index (χ3n) is 5.12. The van der Waals surface area contributed by atoms with E-state index in [0.29, 0.717) is 18.2 Å². The third-order valence-corrected chi connectivity index (χ3v) is 5.65. The summed E-state index contributed by atoms with van der Waals surface area (Å²) in [6.07, 6.45) is 2.91. The molecule has 2 heterocycles. The lowest BCUT2D eigenvalue weighted by Crippen LogP contribution is -2.45. The van der Waals surface area contributed by atoms with Crippen molar-refractivity contribution in [2.24, 2.45) is 5.92 Å². The summed E-state index contributed by atoms with van der Waals surface area (Å²) in [4.78, 5) is 17.3. The van der Waals surface area contributed by atoms with E-state index in [9.17, 15) is 4.79 Å². The van der Waals surface area contributed by atoms with Crippen molar-refractivity contribution in [2.45, 2.75) is 57.2 Å². The first-order chi connectivity index (χ1) is 13.0. The number of carbonyl (C=O) groups excluding carboxylic acids is 1. The zero-order valence-corrected chi connectivity index (χ0v) is 17.0. The van der Waals surface area contributed by atoms with Crippen LogP contribution in [0, 0.1) is 5.92 Å². The predicted molar refractivity (Wildman–Crippen MR) is 104 cm³/mol. The number of benzene rings is 1. The van der Waals surface area contributed by atoms with Gasteiger partial charge in [0.1, 0.15) is 12.1 Å². The van der Waals surface area contributed by atoms with Gasteiger partial charge >= 0.3 is 0 Å². The number of amides is 1. The fraction of sp³-hybridized carbons (Fsp3) is 0.526. The van der Waals surface area contributed by atoms with Crippen LogP contribution in [0.3, 0.4) is 0 Å². The Labute approximate surface area is 166 Å². The molecular formula is C19H24BrN5O2. The van der Waals surface area contributed by atoms with Crippen molar-refractivity contribution in [3.8, 4) is 0 Å². The second-order valence-corrected chi connectivity index (χ2v) is 8.59. The Kier molecular flexibility index (Phi) is 5.29. The van der Waals surface area contributed by atoms with Crippen molar-refractivity contribution in [1.82, 2.24) is 26.3 Å². The summed E-state index contributed by atoms with van der Waals surface area (Å²) in [6, 6.07) is 7.61. The molecule has 3 unspecified atom stereocenters. The highest BCUT2D eigenvalue weighted by Gasteiger charge is 2.35. The molecule has 1 aliphatic carbocycles. The van der Waals surface area contributed by atoms with Crippen molar-refractivity contribution < 1.29 is 9.32 Å². The molecule has 0 radical (unpaired) electrons. The Morgan fingerprint density at radius 1 is 1.26 bits per heavy atom. The molecule has 2 aliphatic rings. The maximum atomic E-state index is 12.8. The first-order valence-corrected chi connectivity index (χ1v) is 10.2. The summed E-state index contributed by atoms with van der Waals surface area (Å²) in [5, 5.41) is 7.16. The average molecular weight is 434 g/mol. The number of halogens is 1. The lowest BCUT2D eigenvalue weighted by Gasteiger charge is -2.20. The van der Waals surface area contributed by atoms with Gasteiger partial charge in [-0.05, 0) is 42.9 Å². The highest BCUT2D eigenvalue weighted by atomic mass is 79.9. The SMILES string of the molecule is CC(C)C(NC(=O)C1CC(c2ccc(Br)cc2)NN1)c1nc(C2CC2)no1. The number of aromatic nitrogens is 2. The molecule has 144 valence electrons. The van der Waals surface area contributed by atoms with Gasteiger partial charge in [-0.1, -0.05) is 47.1 Å². The number of nitrogens with one attached hydrogen (secondary N) is 3. The van der Waals surface area contributed by atoms with E-state index < -0.39 is 0 Å². The van der Waals surface area contributed by atoms with Gasteiger partial charge in [0.15, 0.2) is 5.82 Å². The van der Waals surface area contributed by atoms with E-state index in [1.54, 1.807) is 0 Å². The van der Waals surface area contributed by atoms with E-state index >= 15 is 0 Å². The smallest absolute Gasteiger partial charge is 0.249 e. The van der Waals surface area contributed by atoms with Gasteiger partial charge in [-0.15, -0.1) is 0 Å². The Hall–Kier alpha value is -1.77. The van der Waals surface area contributed by atoms with Crippen LogP contribution >= 0.6 is 15.9 Å². The van der Waals surface area contributed by atoms with E-state index in [4.69, 9.17) is 4.52 Å². The van der Waals surface area contributed by atoms with Crippen LogP contribution in [-0.4, -0.2) is 22.1 Å². The van der Waals surface area contributed by atoms with Crippen molar-refractivity contribution in [1.29, 1.82) is 0 Å². The molecule has 3 atom stereocenters. The summed E-state index contributed by atoms with van der Waals surface area (Å²) in [5.74, 6) is 1.78. The molecule has 1 amide bonds. The van der Waals surface area contributed by atoms with E-state index in [0.717, 1.165) is 28.7 Å². The molecule has 1 aliphatic heterocycles. The zero-order valence-electron chi connectivity index (χ0n) is 15.4. The molecule has 4 rings (SSSR count). The number of carbonyl (C=O) groups is 1. The van der Waals surface area contributed by atoms with Crippen LogP contribution in [0.15, 0.2) is 33.3 Å². The number of hydrogen-bond donors (Lipinski definition) is 3. The summed E-state index contributed by atoms with van der Waals surface area (Å²) in [5.41, 5.74) is 7.47. The zero-order chi connectivity index (χ0) is 19.0. The molecule has 1 aromatic heterocycles. The normalized spacial score (nSPS) is 23.6. The molecule has 0 spiro atoms. The monoisotopic (exact) mass is 433 g/mol. The largest absolute Gasteiger partial charge is 0.343 e. The summed E-state index contributed by atoms with van der Waals surface area (Å²) in [6.45, 7) is 4.08. The highest BCUT2D eigenvalue weighted by Crippen LogP contribution is 2.38. The molecule has 1 saturated carbocycles. The molecule has 3 N–H and O–H groups in total. The molecule has 0 bridgehead atoms. The summed E-state index contributed by atoms with van der Waals surface area (Å²) < 4.78 is 6.48. The van der Waals surface area contributed by atoms with Crippen LogP contribution in [0.1, 0.15) is 68.4 Å². The van der Waals surface area contributed by atoms with E-state index in [2.05, 4.69) is 54.4 Å². The topological polar surface area (TPSA) is 92.1 Å². The third kappa shape index (κ3) is 4.23. The van der Waals surface area contributed by atoms with Gasteiger partial charge in [0.2, 0.25) is 11.8 Å². The highest BCUT2D eigenvalue weighted by molar-refractivity contribution is 9.10. The minimum atomic E-state index is -0.314. The Balaban J connectivity index is 1.40. The van der Waals surface area contributed by atoms with Gasteiger partial charge < -0.3 is 9.84 Å². The summed E-state index contributed by atoms with van der Waals surface area (Å²) >= 11 is 3.45. The lowest BCUT2D eigenvalue weighted by atomic mass is 10.0. The lowest BCUT2D eigenvalue weighted by molar-refractivity contribution is -0.124. The Morgan fingerprint density at radius 2 is 2.00 bits per heavy atom. The minimum absolute atomic E-state index is 0.0630. The molecule has 27 heavy (non-hydrogen) atoms. The Bertz CT molecular complexity index is 803. The van der Waals surface area contributed by atoms with E-state index in [1.165, 1.54) is 0 Å². The fourth-order valence-corrected chi connectivity index (χ4v) is 3.55. The van der Waals surface area contributed by atoms with Crippen molar-refractivity contribution in [3.05, 3.63) is 46.0 Å². The first kappa shape index (κ1) is 18.6. The van der Waals surface area contributed by atoms with E-state index in [1.807, 2.05) is 26.0 Å². The van der Waals surface area contributed by atoms with Gasteiger partial charge in [-0.25, -0.2) is 10.9 Å². The molecule has 8 heteroatoms. The van der Waals surface area contributed by atoms with Crippen LogP contribution < -0.4 is 16.2 Å². The van der Waals surface area contributed by atoms with Crippen molar-refractivity contribution in [2.75, 3.05) is 0 Å².